The van der Waals surface area contributed by atoms with Crippen molar-refractivity contribution in [3.05, 3.63) is 18.0 Å². The average molecular weight is 303 g/mol. The molecule has 108 valence electrons. The van der Waals surface area contributed by atoms with Crippen molar-refractivity contribution in [2.45, 2.75) is 38.0 Å². The fourth-order valence-electron chi connectivity index (χ4n) is 1.16. The summed E-state index contributed by atoms with van der Waals surface area (Å²) in [6.07, 6.45) is 4.78. The Morgan fingerprint density at radius 2 is 1.84 bits per heavy atom. The highest BCUT2D eigenvalue weighted by Crippen LogP contribution is 2.12. The molecule has 0 aliphatic heterocycles. The van der Waals surface area contributed by atoms with Gasteiger partial charge >= 0.3 is 0 Å². The Hall–Kier alpha value is -0.660. The van der Waals surface area contributed by atoms with Gasteiger partial charge in [0.25, 0.3) is 0 Å². The maximum Gasteiger partial charge on any atom is 0.187 e. The zero-order valence-electron chi connectivity index (χ0n) is 11.8. The van der Waals surface area contributed by atoms with Crippen molar-refractivity contribution in [2.24, 2.45) is 0 Å². The van der Waals surface area contributed by atoms with Crippen LogP contribution in [0.5, 0.6) is 0 Å². The first-order valence-electron chi connectivity index (χ1n) is 6.02. The third kappa shape index (κ3) is 8.18. The molecule has 0 aliphatic rings. The van der Waals surface area contributed by atoms with E-state index in [0.29, 0.717) is 10.9 Å². The quantitative estimate of drug-likeness (QED) is 0.634. The second-order valence-corrected chi connectivity index (χ2v) is 8.78. The zero-order valence-corrected chi connectivity index (χ0v) is 13.4. The fraction of sp³-hybridized carbons (Fsp3) is 0.667. The Balaban J connectivity index is 2.43. The van der Waals surface area contributed by atoms with Crippen molar-refractivity contribution in [2.75, 3.05) is 17.8 Å². The predicted octanol–water partition coefficient (Wildman–Crippen LogP) is 1.50. The average Bonchev–Trinajstić information content (AvgIpc) is 2.25. The van der Waals surface area contributed by atoms with Crippen LogP contribution in [0.4, 0.5) is 0 Å². The van der Waals surface area contributed by atoms with E-state index < -0.39 is 9.84 Å². The van der Waals surface area contributed by atoms with Crippen LogP contribution < -0.4 is 5.32 Å². The number of hydrogen-bond donors (Lipinski definition) is 1. The number of nitrogens with zero attached hydrogens (tertiary/aromatic N) is 2. The number of rotatable bonds is 6. The van der Waals surface area contributed by atoms with Gasteiger partial charge < -0.3 is 5.32 Å². The van der Waals surface area contributed by atoms with Crippen LogP contribution in [0.3, 0.4) is 0 Å². The molecular weight excluding hydrogens is 282 g/mol. The minimum Gasteiger partial charge on any atom is -0.308 e. The summed E-state index contributed by atoms with van der Waals surface area (Å²) in [4.78, 5) is 8.43. The van der Waals surface area contributed by atoms with Gasteiger partial charge in [-0.3, -0.25) is 0 Å². The van der Waals surface area contributed by atoms with Crippen LogP contribution in [-0.2, 0) is 16.4 Å². The van der Waals surface area contributed by atoms with E-state index >= 15 is 0 Å². The molecule has 19 heavy (non-hydrogen) atoms. The fourth-order valence-corrected chi connectivity index (χ4v) is 3.14. The van der Waals surface area contributed by atoms with Gasteiger partial charge in [0.15, 0.2) is 5.16 Å². The lowest BCUT2D eigenvalue weighted by Crippen LogP contribution is -2.35. The van der Waals surface area contributed by atoms with Gasteiger partial charge in [0, 0.05) is 42.0 Å². The molecule has 0 aliphatic carbocycles. The molecule has 1 rings (SSSR count). The van der Waals surface area contributed by atoms with Crippen molar-refractivity contribution in [1.29, 1.82) is 0 Å². The summed E-state index contributed by atoms with van der Waals surface area (Å²) in [5, 5.41) is 3.97. The standard InChI is InChI=1S/C12H21N3O2S2/c1-12(2,3)15-9-10-7-13-11(14-8-10)18-5-6-19(4,16)17/h7-8,15H,5-6,9H2,1-4H3. The molecule has 0 aromatic carbocycles. The Kier molecular flexibility index (Phi) is 5.76. The summed E-state index contributed by atoms with van der Waals surface area (Å²) in [5.74, 6) is 0.632. The van der Waals surface area contributed by atoms with Crippen molar-refractivity contribution >= 4 is 21.6 Å². The number of nitrogens with one attached hydrogen (secondary N) is 1. The lowest BCUT2D eigenvalue weighted by Gasteiger charge is -2.20. The van der Waals surface area contributed by atoms with Gasteiger partial charge in [-0.2, -0.15) is 0 Å². The molecule has 1 aromatic rings. The molecule has 0 amide bonds. The zero-order chi connectivity index (χ0) is 14.5. The lowest BCUT2D eigenvalue weighted by atomic mass is 10.1. The minimum absolute atomic E-state index is 0.0584. The molecule has 0 bridgehead atoms. The smallest absolute Gasteiger partial charge is 0.187 e. The topological polar surface area (TPSA) is 72.0 Å². The summed E-state index contributed by atoms with van der Waals surface area (Å²) >= 11 is 1.36. The predicted molar refractivity (Wildman–Crippen MR) is 79.1 cm³/mol. The summed E-state index contributed by atoms with van der Waals surface area (Å²) in [6, 6.07) is 0. The number of sulfone groups is 1. The normalized spacial score (nSPS) is 12.6. The van der Waals surface area contributed by atoms with Gasteiger partial charge in [-0.15, -0.1) is 0 Å². The van der Waals surface area contributed by atoms with Crippen LogP contribution in [-0.4, -0.2) is 41.7 Å². The highest BCUT2D eigenvalue weighted by molar-refractivity contribution is 8.00. The molecule has 0 fully saturated rings. The summed E-state index contributed by atoms with van der Waals surface area (Å²) in [6.45, 7) is 7.02. The van der Waals surface area contributed by atoms with E-state index in [1.807, 2.05) is 0 Å². The summed E-state index contributed by atoms with van der Waals surface area (Å²) < 4.78 is 22.0. The second kappa shape index (κ2) is 6.67. The molecule has 0 spiro atoms. The molecule has 0 atom stereocenters. The van der Waals surface area contributed by atoms with Gasteiger partial charge in [-0.05, 0) is 20.8 Å². The number of thioether (sulfide) groups is 1. The van der Waals surface area contributed by atoms with Crippen LogP contribution in [0, 0.1) is 0 Å². The third-order valence-electron chi connectivity index (χ3n) is 2.19. The Morgan fingerprint density at radius 3 is 2.32 bits per heavy atom. The SMILES string of the molecule is CC(C)(C)NCc1cnc(SCCS(C)(=O)=O)nc1. The van der Waals surface area contributed by atoms with Gasteiger partial charge in [0.05, 0.1) is 5.75 Å². The van der Waals surface area contributed by atoms with Crippen LogP contribution >= 0.6 is 11.8 Å². The first-order chi connectivity index (χ1) is 8.66. The monoisotopic (exact) mass is 303 g/mol. The van der Waals surface area contributed by atoms with E-state index in [4.69, 9.17) is 0 Å². The van der Waals surface area contributed by atoms with E-state index in [1.54, 1.807) is 12.4 Å². The summed E-state index contributed by atoms with van der Waals surface area (Å²) in [7, 11) is -2.91. The van der Waals surface area contributed by atoms with Crippen molar-refractivity contribution in [3.8, 4) is 0 Å². The molecule has 7 heteroatoms. The minimum atomic E-state index is -2.91. The van der Waals surface area contributed by atoms with E-state index in [0.717, 1.165) is 12.1 Å². The maximum atomic E-state index is 11.0. The Morgan fingerprint density at radius 1 is 1.26 bits per heavy atom. The molecule has 1 heterocycles. The third-order valence-corrected chi connectivity index (χ3v) is 4.27. The molecule has 0 radical (unpaired) electrons. The van der Waals surface area contributed by atoms with Crippen LogP contribution in [0.2, 0.25) is 0 Å². The van der Waals surface area contributed by atoms with Crippen molar-refractivity contribution in [1.82, 2.24) is 15.3 Å². The van der Waals surface area contributed by atoms with E-state index in [2.05, 4.69) is 36.1 Å². The molecular formula is C12H21N3O2S2. The molecule has 0 saturated carbocycles. The van der Waals surface area contributed by atoms with E-state index in [9.17, 15) is 8.42 Å². The first-order valence-corrected chi connectivity index (χ1v) is 9.07. The maximum absolute atomic E-state index is 11.0. The van der Waals surface area contributed by atoms with Gasteiger partial charge in [-0.1, -0.05) is 11.8 Å². The van der Waals surface area contributed by atoms with E-state index in [-0.39, 0.29) is 11.3 Å². The Labute approximate surface area is 119 Å². The van der Waals surface area contributed by atoms with Crippen LogP contribution in [0.15, 0.2) is 17.6 Å². The Bertz CT molecular complexity index is 493. The van der Waals surface area contributed by atoms with Gasteiger partial charge in [-0.25, -0.2) is 18.4 Å². The lowest BCUT2D eigenvalue weighted by molar-refractivity contribution is 0.423. The van der Waals surface area contributed by atoms with Gasteiger partial charge in [0.2, 0.25) is 0 Å². The second-order valence-electron chi connectivity index (χ2n) is 5.46. The molecule has 0 saturated heterocycles. The van der Waals surface area contributed by atoms with Gasteiger partial charge in [0.1, 0.15) is 9.84 Å². The van der Waals surface area contributed by atoms with Crippen molar-refractivity contribution in [3.63, 3.8) is 0 Å². The first kappa shape index (κ1) is 16.4. The molecule has 0 unspecified atom stereocenters. The molecule has 1 N–H and O–H groups in total. The molecule has 5 nitrogen and oxygen atoms in total. The number of hydrogen-bond acceptors (Lipinski definition) is 6. The van der Waals surface area contributed by atoms with Crippen LogP contribution in [0.1, 0.15) is 26.3 Å². The molecule has 1 aromatic heterocycles. The van der Waals surface area contributed by atoms with E-state index in [1.165, 1.54) is 18.0 Å². The van der Waals surface area contributed by atoms with Crippen LogP contribution in [0.25, 0.3) is 0 Å². The highest BCUT2D eigenvalue weighted by Gasteiger charge is 2.09. The number of aromatic nitrogens is 2. The summed E-state index contributed by atoms with van der Waals surface area (Å²) in [5.41, 5.74) is 1.07. The highest BCUT2D eigenvalue weighted by atomic mass is 32.2. The largest absolute Gasteiger partial charge is 0.308 e. The van der Waals surface area contributed by atoms with Crippen molar-refractivity contribution < 1.29 is 8.42 Å².